The fraction of sp³-hybridized carbons (Fsp3) is 0.458. The van der Waals surface area contributed by atoms with Crippen molar-refractivity contribution in [2.75, 3.05) is 19.7 Å². The van der Waals surface area contributed by atoms with Gasteiger partial charge >= 0.3 is 0 Å². The van der Waals surface area contributed by atoms with Crippen LogP contribution in [0, 0.1) is 20.8 Å². The predicted octanol–water partition coefficient (Wildman–Crippen LogP) is 3.74. The molecule has 31 heavy (non-hydrogen) atoms. The lowest BCUT2D eigenvalue weighted by Gasteiger charge is -2.31. The number of nitrogens with one attached hydrogen (secondary N) is 1. The zero-order valence-corrected chi connectivity index (χ0v) is 19.4. The van der Waals surface area contributed by atoms with Crippen LogP contribution in [0.4, 0.5) is 0 Å². The second-order valence-electron chi connectivity index (χ2n) is 8.21. The monoisotopic (exact) mass is 444 g/mol. The third-order valence-corrected chi connectivity index (χ3v) is 7.73. The number of benzene rings is 2. The van der Waals surface area contributed by atoms with Crippen molar-refractivity contribution in [3.63, 3.8) is 0 Å². The largest absolute Gasteiger partial charge is 0.493 e. The number of carbonyl (C=O) groups is 1. The van der Waals surface area contributed by atoms with Gasteiger partial charge < -0.3 is 10.1 Å². The number of carbonyl (C=O) groups excluding carboxylic acids is 1. The fourth-order valence-corrected chi connectivity index (χ4v) is 5.25. The molecule has 7 heteroatoms. The highest BCUT2D eigenvalue weighted by atomic mass is 32.2. The standard InChI is InChI=1S/C24H32N2O4S/c1-18-10-11-22(17-20(18)3)31(28,29)26-14-12-21(13-15-26)25-24(27)9-6-16-30-23-8-5-4-7-19(23)2/h4-5,7-8,10-11,17,21H,6,9,12-16H2,1-3H3,(H,25,27). The third kappa shape index (κ3) is 6.08. The molecule has 3 rings (SSSR count). The van der Waals surface area contributed by atoms with E-state index in [9.17, 15) is 13.2 Å². The Labute approximate surface area is 185 Å². The van der Waals surface area contributed by atoms with Gasteiger partial charge in [-0.3, -0.25) is 4.79 Å². The number of rotatable bonds is 8. The molecule has 6 nitrogen and oxygen atoms in total. The number of sulfonamides is 1. The van der Waals surface area contributed by atoms with Crippen LogP contribution >= 0.6 is 0 Å². The smallest absolute Gasteiger partial charge is 0.243 e. The molecule has 1 saturated heterocycles. The molecule has 0 saturated carbocycles. The number of ether oxygens (including phenoxy) is 1. The Bertz CT molecular complexity index is 1010. The molecule has 168 valence electrons. The molecule has 1 aliphatic heterocycles. The predicted molar refractivity (Wildman–Crippen MR) is 122 cm³/mol. The van der Waals surface area contributed by atoms with Gasteiger partial charge in [0.25, 0.3) is 0 Å². The minimum Gasteiger partial charge on any atom is -0.493 e. The molecule has 1 fully saturated rings. The first-order chi connectivity index (χ1) is 14.8. The van der Waals surface area contributed by atoms with E-state index in [2.05, 4.69) is 5.32 Å². The summed E-state index contributed by atoms with van der Waals surface area (Å²) in [5.41, 5.74) is 3.12. The lowest BCUT2D eigenvalue weighted by atomic mass is 10.1. The van der Waals surface area contributed by atoms with E-state index in [4.69, 9.17) is 4.74 Å². The van der Waals surface area contributed by atoms with Gasteiger partial charge in [-0.2, -0.15) is 4.31 Å². The Morgan fingerprint density at radius 2 is 1.74 bits per heavy atom. The number of aryl methyl sites for hydroxylation is 3. The lowest BCUT2D eigenvalue weighted by Crippen LogP contribution is -2.46. The van der Waals surface area contributed by atoms with Gasteiger partial charge in [-0.15, -0.1) is 0 Å². The zero-order chi connectivity index (χ0) is 22.4. The van der Waals surface area contributed by atoms with Gasteiger partial charge in [0, 0.05) is 25.6 Å². The van der Waals surface area contributed by atoms with E-state index in [0.29, 0.717) is 50.3 Å². The quantitative estimate of drug-likeness (QED) is 0.630. The van der Waals surface area contributed by atoms with Gasteiger partial charge in [-0.05, 0) is 74.9 Å². The Morgan fingerprint density at radius 1 is 1.03 bits per heavy atom. The van der Waals surface area contributed by atoms with Gasteiger partial charge in [0.15, 0.2) is 0 Å². The number of amides is 1. The molecule has 1 aliphatic rings. The summed E-state index contributed by atoms with van der Waals surface area (Å²) in [6, 6.07) is 13.1. The Hall–Kier alpha value is -2.38. The SMILES string of the molecule is Cc1ccc(S(=O)(=O)N2CCC(NC(=O)CCCOc3ccccc3C)CC2)cc1C. The van der Waals surface area contributed by atoms with Crippen LogP contribution in [-0.4, -0.2) is 44.4 Å². The maximum absolute atomic E-state index is 12.9. The van der Waals surface area contributed by atoms with Crippen molar-refractivity contribution >= 4 is 15.9 Å². The average Bonchev–Trinajstić information content (AvgIpc) is 2.74. The van der Waals surface area contributed by atoms with Gasteiger partial charge in [0.05, 0.1) is 11.5 Å². The zero-order valence-electron chi connectivity index (χ0n) is 18.6. The van der Waals surface area contributed by atoms with Crippen LogP contribution < -0.4 is 10.1 Å². The van der Waals surface area contributed by atoms with Gasteiger partial charge in [0.2, 0.25) is 15.9 Å². The highest BCUT2D eigenvalue weighted by molar-refractivity contribution is 7.89. The summed E-state index contributed by atoms with van der Waals surface area (Å²) in [5.74, 6) is 0.837. The van der Waals surface area contributed by atoms with Crippen molar-refractivity contribution in [2.24, 2.45) is 0 Å². The molecule has 2 aromatic rings. The number of para-hydroxylation sites is 1. The van der Waals surface area contributed by atoms with E-state index in [0.717, 1.165) is 22.4 Å². The maximum Gasteiger partial charge on any atom is 0.243 e. The van der Waals surface area contributed by atoms with Crippen molar-refractivity contribution in [3.8, 4) is 5.75 Å². The van der Waals surface area contributed by atoms with Crippen LogP contribution in [0.1, 0.15) is 42.4 Å². The molecule has 0 radical (unpaired) electrons. The summed E-state index contributed by atoms with van der Waals surface area (Å²) in [6.07, 6.45) is 2.28. The van der Waals surface area contributed by atoms with E-state index in [1.165, 1.54) is 4.31 Å². The van der Waals surface area contributed by atoms with Crippen molar-refractivity contribution in [1.82, 2.24) is 9.62 Å². The van der Waals surface area contributed by atoms with Crippen molar-refractivity contribution in [1.29, 1.82) is 0 Å². The summed E-state index contributed by atoms with van der Waals surface area (Å²) in [7, 11) is -3.50. The molecule has 0 aliphatic carbocycles. The van der Waals surface area contributed by atoms with E-state index in [-0.39, 0.29) is 11.9 Å². The number of hydrogen-bond acceptors (Lipinski definition) is 4. The van der Waals surface area contributed by atoms with Crippen LogP contribution in [0.25, 0.3) is 0 Å². The molecular weight excluding hydrogens is 412 g/mol. The summed E-state index contributed by atoms with van der Waals surface area (Å²) < 4.78 is 33.1. The lowest BCUT2D eigenvalue weighted by molar-refractivity contribution is -0.122. The highest BCUT2D eigenvalue weighted by Gasteiger charge is 2.30. The molecule has 0 aromatic heterocycles. The molecule has 0 spiro atoms. The van der Waals surface area contributed by atoms with Crippen molar-refractivity contribution < 1.29 is 17.9 Å². The minimum atomic E-state index is -3.50. The Kier molecular flexibility index (Phi) is 7.73. The second kappa shape index (κ2) is 10.3. The van der Waals surface area contributed by atoms with E-state index in [1.807, 2.05) is 51.1 Å². The van der Waals surface area contributed by atoms with Gasteiger partial charge in [-0.1, -0.05) is 24.3 Å². The highest BCUT2D eigenvalue weighted by Crippen LogP contribution is 2.23. The summed E-state index contributed by atoms with van der Waals surface area (Å²) in [4.78, 5) is 12.6. The van der Waals surface area contributed by atoms with Crippen molar-refractivity contribution in [2.45, 2.75) is 57.4 Å². The number of hydrogen-bond donors (Lipinski definition) is 1. The minimum absolute atomic E-state index is 0.0102. The Morgan fingerprint density at radius 3 is 2.42 bits per heavy atom. The number of nitrogens with zero attached hydrogens (tertiary/aromatic N) is 1. The summed E-state index contributed by atoms with van der Waals surface area (Å²) >= 11 is 0. The molecule has 1 amide bonds. The summed E-state index contributed by atoms with van der Waals surface area (Å²) in [6.45, 7) is 7.20. The average molecular weight is 445 g/mol. The van der Waals surface area contributed by atoms with Crippen LogP contribution in [-0.2, 0) is 14.8 Å². The molecular formula is C24H32N2O4S. The van der Waals surface area contributed by atoms with Crippen molar-refractivity contribution in [3.05, 3.63) is 59.2 Å². The van der Waals surface area contributed by atoms with Gasteiger partial charge in [0.1, 0.15) is 5.75 Å². The first kappa shape index (κ1) is 23.3. The van der Waals surface area contributed by atoms with Crippen LogP contribution in [0.3, 0.4) is 0 Å². The van der Waals surface area contributed by atoms with E-state index < -0.39 is 10.0 Å². The molecule has 1 heterocycles. The van der Waals surface area contributed by atoms with Gasteiger partial charge in [-0.25, -0.2) is 8.42 Å². The van der Waals surface area contributed by atoms with Crippen LogP contribution in [0.5, 0.6) is 5.75 Å². The molecule has 1 N–H and O–H groups in total. The first-order valence-corrected chi connectivity index (χ1v) is 12.3. The Balaban J connectivity index is 1.41. The topological polar surface area (TPSA) is 75.7 Å². The van der Waals surface area contributed by atoms with E-state index in [1.54, 1.807) is 12.1 Å². The number of piperidine rings is 1. The molecule has 2 aromatic carbocycles. The second-order valence-corrected chi connectivity index (χ2v) is 10.1. The molecule has 0 bridgehead atoms. The first-order valence-electron chi connectivity index (χ1n) is 10.8. The maximum atomic E-state index is 12.9. The van der Waals surface area contributed by atoms with Crippen LogP contribution in [0.15, 0.2) is 47.4 Å². The molecule has 0 unspecified atom stereocenters. The van der Waals surface area contributed by atoms with E-state index >= 15 is 0 Å². The normalized spacial score (nSPS) is 15.6. The fourth-order valence-electron chi connectivity index (χ4n) is 3.70. The van der Waals surface area contributed by atoms with Crippen LogP contribution in [0.2, 0.25) is 0 Å². The summed E-state index contributed by atoms with van der Waals surface area (Å²) in [5, 5.41) is 3.04. The third-order valence-electron chi connectivity index (χ3n) is 5.83. The molecule has 0 atom stereocenters.